The van der Waals surface area contributed by atoms with Crippen LogP contribution in [0.15, 0.2) is 134 Å². The van der Waals surface area contributed by atoms with Gasteiger partial charge in [0.05, 0.1) is 0 Å². The predicted molar refractivity (Wildman–Crippen MR) is 171 cm³/mol. The second-order valence-corrected chi connectivity index (χ2v) is 21.4. The average Bonchev–Trinajstić information content (AvgIpc) is 3.02. The number of benzene rings is 4. The van der Waals surface area contributed by atoms with Crippen molar-refractivity contribution in [2.45, 2.75) is 17.3 Å². The Morgan fingerprint density at radius 1 is 0.571 bits per heavy atom. The predicted octanol–water partition coefficient (Wildman–Crippen LogP) is 9.11. The molecule has 0 fully saturated rings. The molecule has 0 saturated heterocycles. The van der Waals surface area contributed by atoms with Crippen molar-refractivity contribution in [2.75, 3.05) is 0 Å². The summed E-state index contributed by atoms with van der Waals surface area (Å²) < 4.78 is 14.1. The van der Waals surface area contributed by atoms with E-state index < -0.39 is 13.3 Å². The van der Waals surface area contributed by atoms with Crippen LogP contribution in [-0.4, -0.2) is 23.2 Å². The van der Waals surface area contributed by atoms with Gasteiger partial charge in [-0.15, -0.1) is 60.2 Å². The SMILES string of the molecule is Fc1c[c-]c(-c2ccccn2)cc1.[CH3][Ge]([CH3])([CH3])[c]1ccc(-c2ccc(-c3ccnc(-c4[c-]cccc4)c3)cc2)cc1.[Ir]. The van der Waals surface area contributed by atoms with Gasteiger partial charge in [0.25, 0.3) is 0 Å². The summed E-state index contributed by atoms with van der Waals surface area (Å²) in [6.45, 7) is 0. The molecule has 0 saturated carbocycles. The van der Waals surface area contributed by atoms with Crippen LogP contribution in [0.1, 0.15) is 0 Å². The molecule has 1 radical (unpaired) electrons. The van der Waals surface area contributed by atoms with Crippen LogP contribution in [0.3, 0.4) is 0 Å². The zero-order chi connectivity index (χ0) is 28.7. The first kappa shape index (κ1) is 31.2. The maximum absolute atomic E-state index is 12.6. The van der Waals surface area contributed by atoms with E-state index in [0.717, 1.165) is 22.5 Å². The molecule has 6 aromatic rings. The molecule has 0 bridgehead atoms. The Bertz CT molecular complexity index is 1680. The van der Waals surface area contributed by atoms with Crippen LogP contribution in [0.5, 0.6) is 0 Å². The molecule has 0 atom stereocenters. The van der Waals surface area contributed by atoms with Crippen molar-refractivity contribution < 1.29 is 24.5 Å². The van der Waals surface area contributed by atoms with E-state index in [9.17, 15) is 4.39 Å². The van der Waals surface area contributed by atoms with E-state index >= 15 is 0 Å². The van der Waals surface area contributed by atoms with Crippen molar-refractivity contribution in [1.29, 1.82) is 0 Å². The summed E-state index contributed by atoms with van der Waals surface area (Å²) in [6.07, 6.45) is 3.57. The van der Waals surface area contributed by atoms with Gasteiger partial charge in [-0.3, -0.25) is 4.39 Å². The monoisotopic (exact) mass is 789 g/mol. The molecular weight excluding hydrogens is 756 g/mol. The van der Waals surface area contributed by atoms with E-state index in [1.54, 1.807) is 16.7 Å². The van der Waals surface area contributed by atoms with Crippen molar-refractivity contribution in [3.63, 3.8) is 0 Å². The third kappa shape index (κ3) is 8.19. The molecule has 211 valence electrons. The minimum atomic E-state index is -1.75. The smallest absolute Gasteiger partial charge is 0 e. The molecule has 42 heavy (non-hydrogen) atoms. The van der Waals surface area contributed by atoms with E-state index in [1.165, 1.54) is 34.4 Å². The molecule has 2 nitrogen and oxygen atoms in total. The molecular formula is C37H31FGeIrN2-2. The fourth-order valence-electron chi connectivity index (χ4n) is 4.42. The number of pyridine rings is 2. The fourth-order valence-corrected chi connectivity index (χ4v) is 6.86. The summed E-state index contributed by atoms with van der Waals surface area (Å²) in [5, 5.41) is 0. The van der Waals surface area contributed by atoms with Gasteiger partial charge in [0, 0.05) is 32.1 Å². The summed E-state index contributed by atoms with van der Waals surface area (Å²) in [4.78, 5) is 8.63. The van der Waals surface area contributed by atoms with Gasteiger partial charge in [-0.1, -0.05) is 12.1 Å². The number of hydrogen-bond donors (Lipinski definition) is 0. The fraction of sp³-hybridized carbons (Fsp3) is 0.0811. The van der Waals surface area contributed by atoms with Gasteiger partial charge in [-0.2, -0.15) is 0 Å². The van der Waals surface area contributed by atoms with E-state index in [2.05, 4.69) is 100 Å². The van der Waals surface area contributed by atoms with Crippen LogP contribution in [0.4, 0.5) is 4.39 Å². The second kappa shape index (κ2) is 14.5. The summed E-state index contributed by atoms with van der Waals surface area (Å²) in [5.74, 6) is 7.01. The summed E-state index contributed by atoms with van der Waals surface area (Å²) in [5.41, 5.74) is 8.48. The Hall–Kier alpha value is -3.70. The first-order valence-corrected chi connectivity index (χ1v) is 20.9. The Balaban J connectivity index is 0.000000243. The van der Waals surface area contributed by atoms with Crippen LogP contribution < -0.4 is 4.40 Å². The largest absolute Gasteiger partial charge is 0 e. The Labute approximate surface area is 264 Å². The van der Waals surface area contributed by atoms with Crippen LogP contribution >= 0.6 is 0 Å². The van der Waals surface area contributed by atoms with E-state index in [-0.39, 0.29) is 25.9 Å². The second-order valence-electron chi connectivity index (χ2n) is 10.7. The maximum Gasteiger partial charge on any atom is 0 e. The average molecular weight is 787 g/mol. The van der Waals surface area contributed by atoms with Gasteiger partial charge in [0.2, 0.25) is 0 Å². The molecule has 4 aromatic carbocycles. The number of aromatic nitrogens is 2. The molecule has 2 aromatic heterocycles. The summed E-state index contributed by atoms with van der Waals surface area (Å²) in [6, 6.07) is 46.1. The van der Waals surface area contributed by atoms with Gasteiger partial charge in [0.15, 0.2) is 0 Å². The quantitative estimate of drug-likeness (QED) is 0.129. The number of halogens is 1. The molecule has 0 amide bonds. The molecule has 0 aliphatic rings. The first-order chi connectivity index (χ1) is 19.9. The molecule has 0 N–H and O–H groups in total. The van der Waals surface area contributed by atoms with Gasteiger partial charge in [0.1, 0.15) is 0 Å². The zero-order valence-electron chi connectivity index (χ0n) is 23.8. The van der Waals surface area contributed by atoms with Crippen LogP contribution in [0, 0.1) is 17.9 Å². The summed E-state index contributed by atoms with van der Waals surface area (Å²) >= 11 is -1.75. The van der Waals surface area contributed by atoms with Crippen LogP contribution in [0.2, 0.25) is 17.3 Å². The number of rotatable bonds is 5. The van der Waals surface area contributed by atoms with Gasteiger partial charge >= 0.3 is 140 Å². The maximum atomic E-state index is 12.6. The Morgan fingerprint density at radius 2 is 1.19 bits per heavy atom. The third-order valence-electron chi connectivity index (χ3n) is 6.76. The summed E-state index contributed by atoms with van der Waals surface area (Å²) in [7, 11) is 0. The Kier molecular flexibility index (Phi) is 10.8. The van der Waals surface area contributed by atoms with E-state index in [4.69, 9.17) is 0 Å². The molecule has 5 heteroatoms. The van der Waals surface area contributed by atoms with E-state index in [0.29, 0.717) is 0 Å². The molecule has 0 unspecified atom stereocenters. The van der Waals surface area contributed by atoms with Crippen molar-refractivity contribution in [3.05, 3.63) is 152 Å². The number of nitrogens with zero attached hydrogens (tertiary/aromatic N) is 2. The topological polar surface area (TPSA) is 25.8 Å². The van der Waals surface area contributed by atoms with Crippen molar-refractivity contribution in [2.24, 2.45) is 0 Å². The van der Waals surface area contributed by atoms with Gasteiger partial charge in [-0.25, -0.2) is 0 Å². The minimum absolute atomic E-state index is 0. The van der Waals surface area contributed by atoms with E-state index in [1.807, 2.05) is 48.7 Å². The zero-order valence-corrected chi connectivity index (χ0v) is 28.3. The molecule has 0 aliphatic carbocycles. The van der Waals surface area contributed by atoms with Crippen molar-refractivity contribution in [3.8, 4) is 44.8 Å². The number of hydrogen-bond acceptors (Lipinski definition) is 2. The van der Waals surface area contributed by atoms with Crippen molar-refractivity contribution in [1.82, 2.24) is 9.97 Å². The molecule has 0 spiro atoms. The normalized spacial score (nSPS) is 10.7. The van der Waals surface area contributed by atoms with Crippen molar-refractivity contribution >= 4 is 17.7 Å². The molecule has 2 heterocycles. The van der Waals surface area contributed by atoms with Crippen LogP contribution in [0.25, 0.3) is 44.8 Å². The molecule has 6 rings (SSSR count). The van der Waals surface area contributed by atoms with Gasteiger partial charge in [-0.05, 0) is 11.8 Å². The van der Waals surface area contributed by atoms with Crippen LogP contribution in [-0.2, 0) is 20.1 Å². The molecule has 0 aliphatic heterocycles. The minimum Gasteiger partial charge on any atom is 0 e. The standard InChI is InChI=1S/C26H24GeN.C11H7FN.Ir/c1-27(2,3)25-15-13-21(14-16-25)20-9-11-22(12-10-20)24-17-18-28-26(19-24)23-7-5-4-6-8-23;12-10-6-4-9(5-7-10)11-3-1-2-8-13-11;/h4-7,9-19H,1-3H3;1-4,6-8H;/q2*-1;. The Morgan fingerprint density at radius 3 is 1.76 bits per heavy atom. The third-order valence-corrected chi connectivity index (χ3v) is 11.1. The first-order valence-electron chi connectivity index (χ1n) is 13.6. The van der Waals surface area contributed by atoms with Gasteiger partial charge < -0.3 is 4.98 Å².